The monoisotopic (exact) mass is 220 g/mol. The lowest BCUT2D eigenvalue weighted by Gasteiger charge is -2.06. The van der Waals surface area contributed by atoms with Crippen molar-refractivity contribution >= 4 is 23.3 Å². The van der Waals surface area contributed by atoms with Gasteiger partial charge in [0, 0.05) is 10.9 Å². The van der Waals surface area contributed by atoms with Gasteiger partial charge in [0.25, 0.3) is 5.91 Å². The van der Waals surface area contributed by atoms with Gasteiger partial charge in [0.2, 0.25) is 0 Å². The van der Waals surface area contributed by atoms with E-state index in [0.717, 1.165) is 4.88 Å². The minimum Gasteiger partial charge on any atom is -0.349 e. The Kier molecular flexibility index (Phi) is 4.07. The minimum absolute atomic E-state index is 0.0394. The highest BCUT2D eigenvalue weighted by atomic mass is 32.1. The van der Waals surface area contributed by atoms with E-state index in [1.807, 2.05) is 37.4 Å². The summed E-state index contributed by atoms with van der Waals surface area (Å²) in [6, 6.07) is 5.69. The lowest BCUT2D eigenvalue weighted by Crippen LogP contribution is -2.30. The second kappa shape index (κ2) is 5.32. The van der Waals surface area contributed by atoms with Gasteiger partial charge in [-0.2, -0.15) is 5.26 Å². The zero-order valence-corrected chi connectivity index (χ0v) is 9.47. The van der Waals surface area contributed by atoms with E-state index in [0.29, 0.717) is 0 Å². The van der Waals surface area contributed by atoms with Crippen molar-refractivity contribution in [1.82, 2.24) is 5.32 Å². The lowest BCUT2D eigenvalue weighted by atomic mass is 10.2. The first-order chi connectivity index (χ1) is 7.13. The van der Waals surface area contributed by atoms with Crippen molar-refractivity contribution in [2.75, 3.05) is 0 Å². The quantitative estimate of drug-likeness (QED) is 0.627. The molecule has 0 fully saturated rings. The predicted octanol–water partition coefficient (Wildman–Crippen LogP) is 2.18. The van der Waals surface area contributed by atoms with Crippen LogP contribution in [-0.2, 0) is 4.79 Å². The van der Waals surface area contributed by atoms with Crippen molar-refractivity contribution in [2.45, 2.75) is 19.9 Å². The van der Waals surface area contributed by atoms with Crippen LogP contribution in [0.15, 0.2) is 23.1 Å². The topological polar surface area (TPSA) is 52.9 Å². The van der Waals surface area contributed by atoms with Crippen LogP contribution in [-0.4, -0.2) is 11.9 Å². The molecule has 0 spiro atoms. The van der Waals surface area contributed by atoms with Crippen LogP contribution in [0.1, 0.15) is 18.7 Å². The Hall–Kier alpha value is -1.60. The lowest BCUT2D eigenvalue weighted by molar-refractivity contribution is -0.117. The Morgan fingerprint density at radius 3 is 2.87 bits per heavy atom. The van der Waals surface area contributed by atoms with Crippen molar-refractivity contribution < 1.29 is 4.79 Å². The van der Waals surface area contributed by atoms with Gasteiger partial charge >= 0.3 is 0 Å². The van der Waals surface area contributed by atoms with Crippen molar-refractivity contribution in [3.8, 4) is 6.07 Å². The fourth-order valence-electron chi connectivity index (χ4n) is 1.00. The van der Waals surface area contributed by atoms with Crippen LogP contribution in [0, 0.1) is 11.3 Å². The molecule has 15 heavy (non-hydrogen) atoms. The first kappa shape index (κ1) is 11.5. The second-order valence-electron chi connectivity index (χ2n) is 3.31. The Morgan fingerprint density at radius 1 is 1.67 bits per heavy atom. The van der Waals surface area contributed by atoms with Gasteiger partial charge < -0.3 is 5.32 Å². The molecule has 0 radical (unpaired) electrons. The molecule has 0 aliphatic carbocycles. The van der Waals surface area contributed by atoms with Crippen LogP contribution in [0.4, 0.5) is 0 Å². The number of carbonyl (C=O) groups excluding carboxylic acids is 1. The van der Waals surface area contributed by atoms with E-state index < -0.39 is 0 Å². The Morgan fingerprint density at radius 2 is 2.40 bits per heavy atom. The summed E-state index contributed by atoms with van der Waals surface area (Å²) in [4.78, 5) is 12.4. The number of thiophene rings is 1. The van der Waals surface area contributed by atoms with Crippen LogP contribution in [0.5, 0.6) is 0 Å². The van der Waals surface area contributed by atoms with Gasteiger partial charge in [0.15, 0.2) is 0 Å². The summed E-state index contributed by atoms with van der Waals surface area (Å²) in [7, 11) is 0. The Balaban J connectivity index is 2.81. The van der Waals surface area contributed by atoms with E-state index in [1.54, 1.807) is 6.08 Å². The zero-order valence-electron chi connectivity index (χ0n) is 8.65. The van der Waals surface area contributed by atoms with E-state index in [2.05, 4.69) is 5.32 Å². The van der Waals surface area contributed by atoms with Crippen LogP contribution in [0.2, 0.25) is 0 Å². The van der Waals surface area contributed by atoms with E-state index in [-0.39, 0.29) is 17.5 Å². The van der Waals surface area contributed by atoms with E-state index >= 15 is 0 Å². The summed E-state index contributed by atoms with van der Waals surface area (Å²) in [5.41, 5.74) is 0.145. The molecule has 1 N–H and O–H groups in total. The molecule has 4 heteroatoms. The standard InChI is InChI=1S/C11H12N2OS/c1-8(2)13-11(14)9(7-12)6-10-4-3-5-15-10/h3-6,8H,1-2H3,(H,13,14)/b9-6+. The third-order valence-corrected chi connectivity index (χ3v) is 2.43. The van der Waals surface area contributed by atoms with Gasteiger partial charge in [0.05, 0.1) is 0 Å². The normalized spacial score (nSPS) is 11.2. The molecule has 0 atom stereocenters. The van der Waals surface area contributed by atoms with Crippen LogP contribution in [0.3, 0.4) is 0 Å². The smallest absolute Gasteiger partial charge is 0.262 e. The highest BCUT2D eigenvalue weighted by Crippen LogP contribution is 2.13. The van der Waals surface area contributed by atoms with Crippen molar-refractivity contribution in [3.63, 3.8) is 0 Å². The maximum atomic E-state index is 11.5. The molecule has 0 aliphatic heterocycles. The van der Waals surface area contributed by atoms with Gasteiger partial charge in [-0.1, -0.05) is 6.07 Å². The number of rotatable bonds is 3. The van der Waals surface area contributed by atoms with Gasteiger partial charge in [0.1, 0.15) is 11.6 Å². The highest BCUT2D eigenvalue weighted by molar-refractivity contribution is 7.10. The van der Waals surface area contributed by atoms with Gasteiger partial charge in [-0.15, -0.1) is 11.3 Å². The maximum Gasteiger partial charge on any atom is 0.262 e. The molecule has 0 aliphatic rings. The number of nitrogens with zero attached hydrogens (tertiary/aromatic N) is 1. The number of hydrogen-bond donors (Lipinski definition) is 1. The van der Waals surface area contributed by atoms with E-state index in [9.17, 15) is 4.79 Å². The number of nitrogens with one attached hydrogen (secondary N) is 1. The molecular weight excluding hydrogens is 208 g/mol. The molecular formula is C11H12N2OS. The molecule has 78 valence electrons. The van der Waals surface area contributed by atoms with E-state index in [1.165, 1.54) is 11.3 Å². The Labute approximate surface area is 93.0 Å². The van der Waals surface area contributed by atoms with Crippen LogP contribution >= 0.6 is 11.3 Å². The molecule has 0 aromatic carbocycles. The molecule has 0 unspecified atom stereocenters. The average molecular weight is 220 g/mol. The second-order valence-corrected chi connectivity index (χ2v) is 4.29. The number of carbonyl (C=O) groups is 1. The SMILES string of the molecule is CC(C)NC(=O)/C(C#N)=C/c1cccs1. The molecule has 1 amide bonds. The molecule has 1 aromatic heterocycles. The average Bonchev–Trinajstić information content (AvgIpc) is 2.65. The third-order valence-electron chi connectivity index (χ3n) is 1.61. The third kappa shape index (κ3) is 3.56. The fourth-order valence-corrected chi connectivity index (χ4v) is 1.66. The predicted molar refractivity (Wildman–Crippen MR) is 61.2 cm³/mol. The highest BCUT2D eigenvalue weighted by Gasteiger charge is 2.09. The maximum absolute atomic E-state index is 11.5. The zero-order chi connectivity index (χ0) is 11.3. The molecule has 0 bridgehead atoms. The number of amides is 1. The molecule has 0 saturated heterocycles. The summed E-state index contributed by atoms with van der Waals surface area (Å²) in [5, 5.41) is 13.4. The molecule has 0 saturated carbocycles. The minimum atomic E-state index is -0.319. The number of hydrogen-bond acceptors (Lipinski definition) is 3. The summed E-state index contributed by atoms with van der Waals surface area (Å²) in [6.07, 6.45) is 1.60. The van der Waals surface area contributed by atoms with Crippen molar-refractivity contribution in [1.29, 1.82) is 5.26 Å². The molecule has 3 nitrogen and oxygen atoms in total. The van der Waals surface area contributed by atoms with Gasteiger partial charge in [-0.3, -0.25) is 4.79 Å². The summed E-state index contributed by atoms with van der Waals surface area (Å²) in [5.74, 6) is -0.319. The molecule has 1 rings (SSSR count). The van der Waals surface area contributed by atoms with Crippen molar-refractivity contribution in [3.05, 3.63) is 28.0 Å². The van der Waals surface area contributed by atoms with E-state index in [4.69, 9.17) is 5.26 Å². The van der Waals surface area contributed by atoms with Crippen LogP contribution < -0.4 is 5.32 Å². The molecule has 1 aromatic rings. The Bertz CT molecular complexity index is 399. The summed E-state index contributed by atoms with van der Waals surface area (Å²) >= 11 is 1.50. The summed E-state index contributed by atoms with van der Waals surface area (Å²) < 4.78 is 0. The first-order valence-electron chi connectivity index (χ1n) is 4.59. The molecule has 1 heterocycles. The fraction of sp³-hybridized carbons (Fsp3) is 0.273. The van der Waals surface area contributed by atoms with Gasteiger partial charge in [-0.25, -0.2) is 0 Å². The summed E-state index contributed by atoms with van der Waals surface area (Å²) in [6.45, 7) is 3.72. The van der Waals surface area contributed by atoms with Crippen LogP contribution in [0.25, 0.3) is 6.08 Å². The first-order valence-corrected chi connectivity index (χ1v) is 5.47. The van der Waals surface area contributed by atoms with Gasteiger partial charge in [-0.05, 0) is 31.4 Å². The number of nitriles is 1. The van der Waals surface area contributed by atoms with Crippen molar-refractivity contribution in [2.24, 2.45) is 0 Å². The largest absolute Gasteiger partial charge is 0.349 e.